The van der Waals surface area contributed by atoms with E-state index < -0.39 is 0 Å². The molecule has 3 amide bonds. The number of benzene rings is 1. The van der Waals surface area contributed by atoms with E-state index in [1.165, 1.54) is 4.90 Å². The van der Waals surface area contributed by atoms with Crippen LogP contribution in [0.5, 0.6) is 0 Å². The summed E-state index contributed by atoms with van der Waals surface area (Å²) in [5.41, 5.74) is 1.75. The maximum Gasteiger partial charge on any atom is 0.233 e. The van der Waals surface area contributed by atoms with E-state index in [4.69, 9.17) is 0 Å². The van der Waals surface area contributed by atoms with Crippen LogP contribution in [0.4, 0.5) is 5.69 Å². The van der Waals surface area contributed by atoms with E-state index in [-0.39, 0.29) is 42.5 Å². The fourth-order valence-corrected chi connectivity index (χ4v) is 3.86. The number of amides is 3. The van der Waals surface area contributed by atoms with Gasteiger partial charge in [-0.1, -0.05) is 28.8 Å². The molecule has 0 unspecified atom stereocenters. The molecule has 2 aliphatic rings. The van der Waals surface area contributed by atoms with Gasteiger partial charge in [-0.25, -0.2) is 0 Å². The Morgan fingerprint density at radius 2 is 1.83 bits per heavy atom. The number of aryl methyl sites for hydroxylation is 1. The van der Waals surface area contributed by atoms with E-state index >= 15 is 0 Å². The Balaban J connectivity index is 1.57. The molecule has 2 atom stereocenters. The van der Waals surface area contributed by atoms with Crippen LogP contribution in [0.2, 0.25) is 0 Å². The first-order valence-corrected chi connectivity index (χ1v) is 9.18. The first kappa shape index (κ1) is 17.1. The molecule has 1 heterocycles. The quantitative estimate of drug-likeness (QED) is 0.799. The molecular weight excluding hydrogens is 372 g/mol. The molecule has 0 radical (unpaired) electrons. The van der Waals surface area contributed by atoms with Crippen LogP contribution in [0.3, 0.4) is 0 Å². The minimum absolute atomic E-state index is 0.0861. The summed E-state index contributed by atoms with van der Waals surface area (Å²) in [5, 5.41) is 2.82. The summed E-state index contributed by atoms with van der Waals surface area (Å²) in [4.78, 5) is 38.2. The number of imide groups is 1. The highest BCUT2D eigenvalue weighted by Gasteiger charge is 2.47. The van der Waals surface area contributed by atoms with Gasteiger partial charge in [-0.2, -0.15) is 0 Å². The highest BCUT2D eigenvalue weighted by atomic mass is 79.9. The molecule has 1 aliphatic carbocycles. The average Bonchev–Trinajstić information content (AvgIpc) is 2.81. The molecule has 0 spiro atoms. The van der Waals surface area contributed by atoms with Crippen LogP contribution in [0.15, 0.2) is 22.7 Å². The molecule has 1 N–H and O–H groups in total. The number of nitrogens with zero attached hydrogens (tertiary/aromatic N) is 1. The maximum atomic E-state index is 12.4. The van der Waals surface area contributed by atoms with Gasteiger partial charge in [0.1, 0.15) is 0 Å². The first-order valence-electron chi connectivity index (χ1n) is 8.38. The van der Waals surface area contributed by atoms with E-state index in [9.17, 15) is 14.4 Å². The van der Waals surface area contributed by atoms with Gasteiger partial charge in [0.15, 0.2) is 0 Å². The number of anilines is 1. The number of halogens is 1. The third-order valence-corrected chi connectivity index (χ3v) is 5.83. The molecule has 0 bridgehead atoms. The Bertz CT molecular complexity index is 665. The smallest absolute Gasteiger partial charge is 0.233 e. The number of fused-ring (bicyclic) bond motifs is 1. The van der Waals surface area contributed by atoms with Crippen molar-refractivity contribution in [1.29, 1.82) is 0 Å². The van der Waals surface area contributed by atoms with Gasteiger partial charge in [0.25, 0.3) is 0 Å². The van der Waals surface area contributed by atoms with Crippen LogP contribution < -0.4 is 5.32 Å². The maximum absolute atomic E-state index is 12.4. The van der Waals surface area contributed by atoms with Gasteiger partial charge in [0.2, 0.25) is 17.7 Å². The van der Waals surface area contributed by atoms with Crippen molar-refractivity contribution in [1.82, 2.24) is 4.90 Å². The zero-order valence-corrected chi connectivity index (χ0v) is 15.3. The summed E-state index contributed by atoms with van der Waals surface area (Å²) in [6.45, 7) is 2.12. The van der Waals surface area contributed by atoms with Gasteiger partial charge in [0, 0.05) is 23.1 Å². The number of carbonyl (C=O) groups excluding carboxylic acids is 3. The van der Waals surface area contributed by atoms with Crippen LogP contribution in [-0.4, -0.2) is 29.2 Å². The molecular formula is C18H21BrN2O3. The number of nitrogens with one attached hydrogen (secondary N) is 1. The van der Waals surface area contributed by atoms with Crippen molar-refractivity contribution in [3.63, 3.8) is 0 Å². The van der Waals surface area contributed by atoms with Crippen molar-refractivity contribution >= 4 is 39.3 Å². The second kappa shape index (κ2) is 7.05. The lowest BCUT2D eigenvalue weighted by atomic mass is 9.81. The lowest BCUT2D eigenvalue weighted by molar-refractivity contribution is -0.140. The van der Waals surface area contributed by atoms with Gasteiger partial charge in [-0.05, 0) is 43.5 Å². The summed E-state index contributed by atoms with van der Waals surface area (Å²) in [6.07, 6.45) is 3.76. The topological polar surface area (TPSA) is 66.5 Å². The number of hydrogen-bond acceptors (Lipinski definition) is 3. The van der Waals surface area contributed by atoms with Gasteiger partial charge < -0.3 is 5.32 Å². The van der Waals surface area contributed by atoms with Crippen LogP contribution >= 0.6 is 15.9 Å². The molecule has 1 aromatic rings. The van der Waals surface area contributed by atoms with Crippen LogP contribution in [-0.2, 0) is 14.4 Å². The number of rotatable bonds is 4. The second-order valence-corrected chi connectivity index (χ2v) is 7.44. The molecule has 5 nitrogen and oxygen atoms in total. The zero-order valence-electron chi connectivity index (χ0n) is 13.7. The third kappa shape index (κ3) is 3.38. The van der Waals surface area contributed by atoms with E-state index in [1.54, 1.807) is 0 Å². The van der Waals surface area contributed by atoms with Gasteiger partial charge in [0.05, 0.1) is 11.8 Å². The summed E-state index contributed by atoms with van der Waals surface area (Å²) < 4.78 is 0.983. The lowest BCUT2D eigenvalue weighted by Crippen LogP contribution is -2.34. The third-order valence-electron chi connectivity index (χ3n) is 4.94. The zero-order chi connectivity index (χ0) is 17.3. The van der Waals surface area contributed by atoms with Crippen molar-refractivity contribution in [2.75, 3.05) is 11.9 Å². The average molecular weight is 393 g/mol. The molecule has 128 valence electrons. The van der Waals surface area contributed by atoms with Crippen molar-refractivity contribution in [2.45, 2.75) is 39.0 Å². The molecule has 3 rings (SSSR count). The number of hydrogen-bond donors (Lipinski definition) is 1. The molecule has 0 aromatic heterocycles. The van der Waals surface area contributed by atoms with Crippen LogP contribution in [0, 0.1) is 18.8 Å². The van der Waals surface area contributed by atoms with Gasteiger partial charge >= 0.3 is 0 Å². The molecule has 24 heavy (non-hydrogen) atoms. The molecule has 1 aromatic carbocycles. The van der Waals surface area contributed by atoms with Crippen molar-refractivity contribution < 1.29 is 14.4 Å². The normalized spacial score (nSPS) is 23.3. The Morgan fingerprint density at radius 1 is 1.21 bits per heavy atom. The van der Waals surface area contributed by atoms with E-state index in [0.29, 0.717) is 5.69 Å². The summed E-state index contributed by atoms with van der Waals surface area (Å²) in [6, 6.07) is 5.57. The van der Waals surface area contributed by atoms with Gasteiger partial charge in [-0.15, -0.1) is 0 Å². The molecule has 1 saturated carbocycles. The first-order chi connectivity index (χ1) is 11.5. The summed E-state index contributed by atoms with van der Waals surface area (Å²) in [5.74, 6) is -0.659. The van der Waals surface area contributed by atoms with E-state index in [0.717, 1.165) is 35.7 Å². The standard InChI is InChI=1S/C18H21BrN2O3/c1-11-10-12(6-7-15(11)19)20-16(22)8-9-21-17(23)13-4-2-3-5-14(13)18(21)24/h6-7,10,13-14H,2-5,8-9H2,1H3,(H,20,22)/t13-,14+. The molecule has 6 heteroatoms. The van der Waals surface area contributed by atoms with Crippen LogP contribution in [0.1, 0.15) is 37.7 Å². The highest BCUT2D eigenvalue weighted by Crippen LogP contribution is 2.37. The van der Waals surface area contributed by atoms with Crippen LogP contribution in [0.25, 0.3) is 0 Å². The Morgan fingerprint density at radius 3 is 2.42 bits per heavy atom. The molecule has 2 fully saturated rings. The highest BCUT2D eigenvalue weighted by molar-refractivity contribution is 9.10. The largest absolute Gasteiger partial charge is 0.326 e. The number of likely N-dealkylation sites (tertiary alicyclic amines) is 1. The SMILES string of the molecule is Cc1cc(NC(=O)CCN2C(=O)[C@H]3CCCC[C@H]3C2=O)ccc1Br. The summed E-state index contributed by atoms with van der Waals surface area (Å²) in [7, 11) is 0. The van der Waals surface area contributed by atoms with Crippen molar-refractivity contribution in [3.05, 3.63) is 28.2 Å². The van der Waals surface area contributed by atoms with Gasteiger partial charge in [-0.3, -0.25) is 19.3 Å². The summed E-state index contributed by atoms with van der Waals surface area (Å²) >= 11 is 3.42. The fourth-order valence-electron chi connectivity index (χ4n) is 3.61. The monoisotopic (exact) mass is 392 g/mol. The Labute approximate surface area is 149 Å². The fraction of sp³-hybridized carbons (Fsp3) is 0.500. The van der Waals surface area contributed by atoms with Crippen molar-refractivity contribution in [2.24, 2.45) is 11.8 Å². The van der Waals surface area contributed by atoms with E-state index in [2.05, 4.69) is 21.2 Å². The second-order valence-electron chi connectivity index (χ2n) is 6.59. The minimum atomic E-state index is -0.188. The number of carbonyl (C=O) groups is 3. The van der Waals surface area contributed by atoms with E-state index in [1.807, 2.05) is 25.1 Å². The predicted molar refractivity (Wildman–Crippen MR) is 94.3 cm³/mol. The predicted octanol–water partition coefficient (Wildman–Crippen LogP) is 3.26. The Hall–Kier alpha value is -1.69. The lowest BCUT2D eigenvalue weighted by Gasteiger charge is -2.19. The van der Waals surface area contributed by atoms with Crippen molar-refractivity contribution in [3.8, 4) is 0 Å². The molecule has 1 saturated heterocycles. The molecule has 1 aliphatic heterocycles. The Kier molecular flexibility index (Phi) is 5.04. The minimum Gasteiger partial charge on any atom is -0.326 e.